The van der Waals surface area contributed by atoms with Gasteiger partial charge in [-0.3, -0.25) is 9.59 Å². The van der Waals surface area contributed by atoms with E-state index in [-0.39, 0.29) is 18.1 Å². The Balaban J connectivity index is 1.64. The Labute approximate surface area is 216 Å². The molecule has 0 bridgehead atoms. The van der Waals surface area contributed by atoms with Crippen molar-refractivity contribution in [3.05, 3.63) is 67.6 Å². The number of aryl methyl sites for hydroxylation is 1. The number of hydrogen-bond donors (Lipinski definition) is 0. The minimum Gasteiger partial charge on any atom is -0.483 e. The topological polar surface area (TPSA) is 86.0 Å². The predicted octanol–water partition coefficient (Wildman–Crippen LogP) is 4.27. The first-order chi connectivity index (χ1) is 17.0. The first kappa shape index (κ1) is 25.3. The van der Waals surface area contributed by atoms with E-state index in [1.807, 2.05) is 12.1 Å². The number of unbranched alkanes of at least 4 members (excludes halogenated alkanes) is 1. The van der Waals surface area contributed by atoms with Gasteiger partial charge in [0, 0.05) is 34.6 Å². The Kier molecular flexibility index (Phi) is 8.54. The second kappa shape index (κ2) is 11.8. The maximum atomic E-state index is 13.3. The third-order valence-corrected chi connectivity index (χ3v) is 6.36. The number of morpholine rings is 1. The minimum absolute atomic E-state index is 0.115. The van der Waals surface area contributed by atoms with Gasteiger partial charge in [0.05, 0.1) is 30.3 Å². The van der Waals surface area contributed by atoms with E-state index in [1.165, 1.54) is 10.9 Å². The van der Waals surface area contributed by atoms with Crippen molar-refractivity contribution in [2.24, 2.45) is 5.10 Å². The van der Waals surface area contributed by atoms with Crippen molar-refractivity contribution in [2.45, 2.75) is 26.2 Å². The highest BCUT2D eigenvalue weighted by Crippen LogP contribution is 2.22. The van der Waals surface area contributed by atoms with Crippen molar-refractivity contribution in [1.82, 2.24) is 14.6 Å². The molecule has 0 atom stereocenters. The first-order valence-electron chi connectivity index (χ1n) is 11.5. The van der Waals surface area contributed by atoms with Crippen LogP contribution in [0.2, 0.25) is 5.02 Å². The molecule has 0 unspecified atom stereocenters. The lowest BCUT2D eigenvalue weighted by Crippen LogP contribution is -2.43. The van der Waals surface area contributed by atoms with Crippen molar-refractivity contribution in [1.29, 1.82) is 0 Å². The average Bonchev–Trinajstić information content (AvgIpc) is 2.87. The SMILES string of the molecule is CCCCc1nc2ccc(Br)cc2c(=O)n1N=Cc1cc(Cl)ccc1OCC(=O)N1CCOCC1. The van der Waals surface area contributed by atoms with Gasteiger partial charge in [-0.05, 0) is 42.8 Å². The van der Waals surface area contributed by atoms with Crippen LogP contribution >= 0.6 is 27.5 Å². The average molecular weight is 562 g/mol. The normalized spacial score (nSPS) is 14.1. The molecule has 35 heavy (non-hydrogen) atoms. The van der Waals surface area contributed by atoms with Crippen molar-refractivity contribution in [3.8, 4) is 5.75 Å². The number of fused-ring (bicyclic) bond motifs is 1. The van der Waals surface area contributed by atoms with E-state index in [0.29, 0.717) is 65.8 Å². The van der Waals surface area contributed by atoms with Crippen LogP contribution in [0, 0.1) is 0 Å². The van der Waals surface area contributed by atoms with Crippen LogP contribution in [-0.4, -0.2) is 59.6 Å². The van der Waals surface area contributed by atoms with E-state index >= 15 is 0 Å². The van der Waals surface area contributed by atoms with Gasteiger partial charge >= 0.3 is 0 Å². The van der Waals surface area contributed by atoms with Gasteiger partial charge in [0.25, 0.3) is 11.5 Å². The molecule has 3 aromatic rings. The summed E-state index contributed by atoms with van der Waals surface area (Å²) >= 11 is 9.64. The van der Waals surface area contributed by atoms with Crippen molar-refractivity contribution >= 4 is 50.6 Å². The summed E-state index contributed by atoms with van der Waals surface area (Å²) in [6.07, 6.45) is 3.96. The van der Waals surface area contributed by atoms with Crippen LogP contribution in [-0.2, 0) is 16.0 Å². The van der Waals surface area contributed by atoms with Crippen molar-refractivity contribution < 1.29 is 14.3 Å². The molecule has 10 heteroatoms. The van der Waals surface area contributed by atoms with Gasteiger partial charge in [-0.1, -0.05) is 40.9 Å². The standard InChI is InChI=1S/C25H26BrClN4O4/c1-2-3-4-23-29-21-7-5-18(26)14-20(21)25(33)31(23)28-15-17-13-19(27)6-8-22(17)35-16-24(32)30-9-11-34-12-10-30/h5-8,13-15H,2-4,9-12,16H2,1H3. The Hall–Kier alpha value is -2.75. The van der Waals surface area contributed by atoms with Crippen LogP contribution in [0.1, 0.15) is 31.2 Å². The van der Waals surface area contributed by atoms with E-state index < -0.39 is 0 Å². The molecule has 1 aliphatic rings. The fraction of sp³-hybridized carbons (Fsp3) is 0.360. The molecule has 0 N–H and O–H groups in total. The molecular formula is C25H26BrClN4O4. The van der Waals surface area contributed by atoms with E-state index in [1.54, 1.807) is 29.2 Å². The number of benzene rings is 2. The van der Waals surface area contributed by atoms with Crippen LogP contribution in [0.15, 0.2) is 50.8 Å². The lowest BCUT2D eigenvalue weighted by atomic mass is 10.2. The monoisotopic (exact) mass is 560 g/mol. The Morgan fingerprint density at radius 3 is 2.83 bits per heavy atom. The summed E-state index contributed by atoms with van der Waals surface area (Å²) < 4.78 is 13.2. The number of nitrogens with zero attached hydrogens (tertiary/aromatic N) is 4. The summed E-state index contributed by atoms with van der Waals surface area (Å²) in [5.74, 6) is 0.905. The van der Waals surface area contributed by atoms with Crippen LogP contribution in [0.5, 0.6) is 5.75 Å². The largest absolute Gasteiger partial charge is 0.483 e. The molecule has 2 heterocycles. The zero-order valence-electron chi connectivity index (χ0n) is 19.4. The van der Waals surface area contributed by atoms with Crippen molar-refractivity contribution in [2.75, 3.05) is 32.9 Å². The van der Waals surface area contributed by atoms with Crippen LogP contribution in [0.4, 0.5) is 0 Å². The lowest BCUT2D eigenvalue weighted by molar-refractivity contribution is -0.137. The third kappa shape index (κ3) is 6.28. The van der Waals surface area contributed by atoms with Gasteiger partial charge in [-0.2, -0.15) is 9.78 Å². The Morgan fingerprint density at radius 2 is 2.06 bits per heavy atom. The maximum Gasteiger partial charge on any atom is 0.282 e. The fourth-order valence-electron chi connectivity index (χ4n) is 3.73. The molecule has 0 spiro atoms. The molecule has 4 rings (SSSR count). The summed E-state index contributed by atoms with van der Waals surface area (Å²) in [5.41, 5.74) is 0.921. The highest BCUT2D eigenvalue weighted by Gasteiger charge is 2.18. The zero-order chi connectivity index (χ0) is 24.8. The van der Waals surface area contributed by atoms with E-state index in [2.05, 4.69) is 32.9 Å². The predicted molar refractivity (Wildman–Crippen MR) is 140 cm³/mol. The number of ether oxygens (including phenoxy) is 2. The molecular weight excluding hydrogens is 536 g/mol. The van der Waals surface area contributed by atoms with E-state index in [9.17, 15) is 9.59 Å². The van der Waals surface area contributed by atoms with Crippen molar-refractivity contribution in [3.63, 3.8) is 0 Å². The Morgan fingerprint density at radius 1 is 1.26 bits per heavy atom. The minimum atomic E-state index is -0.259. The molecule has 184 valence electrons. The summed E-state index contributed by atoms with van der Waals surface area (Å²) in [7, 11) is 0. The van der Waals surface area contributed by atoms with Gasteiger partial charge in [0.1, 0.15) is 11.6 Å². The number of rotatable bonds is 8. The zero-order valence-corrected chi connectivity index (χ0v) is 21.7. The second-order valence-electron chi connectivity index (χ2n) is 8.12. The summed E-state index contributed by atoms with van der Waals surface area (Å²) in [6, 6.07) is 10.5. The lowest BCUT2D eigenvalue weighted by Gasteiger charge is -2.26. The number of halogens is 2. The second-order valence-corrected chi connectivity index (χ2v) is 9.47. The number of amides is 1. The van der Waals surface area contributed by atoms with Crippen LogP contribution < -0.4 is 10.3 Å². The number of hydrogen-bond acceptors (Lipinski definition) is 6. The number of carbonyl (C=O) groups is 1. The van der Waals surface area contributed by atoms with Gasteiger partial charge in [-0.25, -0.2) is 4.98 Å². The summed E-state index contributed by atoms with van der Waals surface area (Å²) in [5, 5.41) is 5.43. The highest BCUT2D eigenvalue weighted by molar-refractivity contribution is 9.10. The molecule has 1 amide bonds. The van der Waals surface area contributed by atoms with Crippen LogP contribution in [0.3, 0.4) is 0 Å². The van der Waals surface area contributed by atoms with Gasteiger partial charge in [0.2, 0.25) is 0 Å². The highest BCUT2D eigenvalue weighted by atomic mass is 79.9. The molecule has 0 radical (unpaired) electrons. The molecule has 2 aromatic carbocycles. The number of carbonyl (C=O) groups excluding carboxylic acids is 1. The van der Waals surface area contributed by atoms with E-state index in [4.69, 9.17) is 21.1 Å². The molecule has 1 fully saturated rings. The quantitative estimate of drug-likeness (QED) is 0.383. The molecule has 1 aromatic heterocycles. The smallest absolute Gasteiger partial charge is 0.282 e. The maximum absolute atomic E-state index is 13.3. The molecule has 1 aliphatic heterocycles. The van der Waals surface area contributed by atoms with Gasteiger partial charge in [-0.15, -0.1) is 0 Å². The molecule has 0 aliphatic carbocycles. The van der Waals surface area contributed by atoms with E-state index in [0.717, 1.165) is 17.3 Å². The third-order valence-electron chi connectivity index (χ3n) is 5.63. The first-order valence-corrected chi connectivity index (χ1v) is 12.7. The summed E-state index contributed by atoms with van der Waals surface area (Å²) in [6.45, 7) is 4.11. The Bertz CT molecular complexity index is 1300. The molecule has 8 nitrogen and oxygen atoms in total. The molecule has 0 saturated carbocycles. The molecule has 1 saturated heterocycles. The van der Waals surface area contributed by atoms with Gasteiger partial charge < -0.3 is 14.4 Å². The van der Waals surface area contributed by atoms with Crippen LogP contribution in [0.25, 0.3) is 10.9 Å². The fourth-order valence-corrected chi connectivity index (χ4v) is 4.27. The number of aromatic nitrogens is 2. The van der Waals surface area contributed by atoms with Gasteiger partial charge in [0.15, 0.2) is 6.61 Å². The summed E-state index contributed by atoms with van der Waals surface area (Å²) in [4.78, 5) is 32.2.